The average Bonchev–Trinajstić information content (AvgIpc) is 2.69. The molecule has 0 aliphatic carbocycles. The van der Waals surface area contributed by atoms with Crippen LogP contribution in [-0.2, 0) is 16.6 Å². The minimum Gasteiger partial charge on any atom is -0.392 e. The molecule has 0 bridgehead atoms. The number of aliphatic hydroxyl groups is 1. The lowest BCUT2D eigenvalue weighted by atomic mass is 10.1. The van der Waals surface area contributed by atoms with Crippen LogP contribution >= 0.6 is 22.9 Å². The zero-order valence-electron chi connectivity index (χ0n) is 11.8. The van der Waals surface area contributed by atoms with Crippen LogP contribution in [0.3, 0.4) is 0 Å². The Morgan fingerprint density at radius 1 is 1.33 bits per heavy atom. The third kappa shape index (κ3) is 3.37. The smallest absolute Gasteiger partial charge is 0.263 e. The summed E-state index contributed by atoms with van der Waals surface area (Å²) in [7, 11) is -3.80. The molecule has 2 aromatic rings. The first-order chi connectivity index (χ1) is 9.74. The van der Waals surface area contributed by atoms with Crippen LogP contribution in [0.2, 0.25) is 5.02 Å². The van der Waals surface area contributed by atoms with Crippen molar-refractivity contribution in [2.75, 3.05) is 4.72 Å². The monoisotopic (exact) mass is 346 g/mol. The maximum atomic E-state index is 12.5. The number of aliphatic hydroxyl groups excluding tert-OH is 1. The predicted octanol–water partition coefficient (Wildman–Crippen LogP) is 3.01. The highest BCUT2D eigenvalue weighted by molar-refractivity contribution is 7.93. The molecule has 0 aliphatic heterocycles. The summed E-state index contributed by atoms with van der Waals surface area (Å²) in [5, 5.41) is 9.85. The molecule has 21 heavy (non-hydrogen) atoms. The molecular formula is C13H15ClN2O3S2. The highest BCUT2D eigenvalue weighted by atomic mass is 35.5. The Morgan fingerprint density at radius 2 is 2.00 bits per heavy atom. The Balaban J connectivity index is 2.47. The van der Waals surface area contributed by atoms with Crippen LogP contribution in [-0.4, -0.2) is 18.5 Å². The van der Waals surface area contributed by atoms with Crippen LogP contribution < -0.4 is 4.72 Å². The molecule has 0 atom stereocenters. The van der Waals surface area contributed by atoms with E-state index in [0.29, 0.717) is 16.3 Å². The molecule has 0 saturated carbocycles. The van der Waals surface area contributed by atoms with E-state index in [-0.39, 0.29) is 16.5 Å². The van der Waals surface area contributed by atoms with Crippen molar-refractivity contribution < 1.29 is 13.5 Å². The summed E-state index contributed by atoms with van der Waals surface area (Å²) in [5.41, 5.74) is 1.74. The molecule has 0 aliphatic rings. The minimum atomic E-state index is -3.80. The van der Waals surface area contributed by atoms with Crippen molar-refractivity contribution in [3.8, 4) is 0 Å². The third-order valence-electron chi connectivity index (χ3n) is 3.14. The standard InChI is InChI=1S/C13H15ClN2O3S2/c1-7-10(6-17)4-11(14)5-12(7)21(18,19)16-13-15-8(2)9(3)20-13/h4-5,17H,6H2,1-3H3,(H,15,16). The number of benzene rings is 1. The van der Waals surface area contributed by atoms with E-state index in [9.17, 15) is 13.5 Å². The topological polar surface area (TPSA) is 79.3 Å². The van der Waals surface area contributed by atoms with Gasteiger partial charge in [0.25, 0.3) is 10.0 Å². The van der Waals surface area contributed by atoms with Gasteiger partial charge in [0, 0.05) is 9.90 Å². The minimum absolute atomic E-state index is 0.0459. The van der Waals surface area contributed by atoms with Crippen molar-refractivity contribution in [2.24, 2.45) is 0 Å². The van der Waals surface area contributed by atoms with E-state index < -0.39 is 10.0 Å². The molecule has 0 amide bonds. The molecular weight excluding hydrogens is 332 g/mol. The fourth-order valence-corrected chi connectivity index (χ4v) is 4.51. The third-order valence-corrected chi connectivity index (χ3v) is 5.94. The summed E-state index contributed by atoms with van der Waals surface area (Å²) in [6.07, 6.45) is 0. The second kappa shape index (κ2) is 5.92. The quantitative estimate of drug-likeness (QED) is 0.891. The summed E-state index contributed by atoms with van der Waals surface area (Å²) in [4.78, 5) is 5.16. The molecule has 5 nitrogen and oxygen atoms in total. The second-order valence-corrected chi connectivity index (χ2v) is 7.90. The van der Waals surface area contributed by atoms with Gasteiger partial charge in [0.1, 0.15) is 0 Å². The van der Waals surface area contributed by atoms with Gasteiger partial charge in [0.15, 0.2) is 5.13 Å². The summed E-state index contributed by atoms with van der Waals surface area (Å²) in [6, 6.07) is 2.92. The number of aromatic nitrogens is 1. The highest BCUT2D eigenvalue weighted by Gasteiger charge is 2.21. The first-order valence-corrected chi connectivity index (χ1v) is 8.79. The number of sulfonamides is 1. The summed E-state index contributed by atoms with van der Waals surface area (Å²) in [6.45, 7) is 5.05. The lowest BCUT2D eigenvalue weighted by molar-refractivity contribution is 0.280. The van der Waals surface area contributed by atoms with Crippen molar-refractivity contribution in [2.45, 2.75) is 32.3 Å². The number of hydrogen-bond donors (Lipinski definition) is 2. The van der Waals surface area contributed by atoms with Gasteiger partial charge in [-0.05, 0) is 44.0 Å². The van der Waals surface area contributed by atoms with Gasteiger partial charge < -0.3 is 5.11 Å². The van der Waals surface area contributed by atoms with Gasteiger partial charge in [-0.25, -0.2) is 13.4 Å². The molecule has 8 heteroatoms. The van der Waals surface area contributed by atoms with Crippen molar-refractivity contribution in [3.05, 3.63) is 38.9 Å². The van der Waals surface area contributed by atoms with E-state index in [1.54, 1.807) is 13.0 Å². The molecule has 0 unspecified atom stereocenters. The van der Waals surface area contributed by atoms with Gasteiger partial charge in [-0.3, -0.25) is 4.72 Å². The Morgan fingerprint density at radius 3 is 2.52 bits per heavy atom. The number of halogens is 1. The SMILES string of the molecule is Cc1nc(NS(=O)(=O)c2cc(Cl)cc(CO)c2C)sc1C. The second-order valence-electron chi connectivity index (χ2n) is 4.61. The normalized spacial score (nSPS) is 11.7. The van der Waals surface area contributed by atoms with E-state index in [4.69, 9.17) is 11.6 Å². The van der Waals surface area contributed by atoms with Gasteiger partial charge in [0.2, 0.25) is 0 Å². The number of aryl methyl sites for hydroxylation is 2. The Hall–Kier alpha value is -1.15. The van der Waals surface area contributed by atoms with E-state index in [1.807, 2.05) is 13.8 Å². The van der Waals surface area contributed by atoms with Gasteiger partial charge in [0.05, 0.1) is 17.2 Å². The first-order valence-electron chi connectivity index (χ1n) is 6.11. The van der Waals surface area contributed by atoms with Crippen LogP contribution in [0, 0.1) is 20.8 Å². The fraction of sp³-hybridized carbons (Fsp3) is 0.308. The van der Waals surface area contributed by atoms with Crippen LogP contribution in [0.1, 0.15) is 21.7 Å². The maximum Gasteiger partial charge on any atom is 0.263 e. The summed E-state index contributed by atoms with van der Waals surface area (Å²) in [5.74, 6) is 0. The molecule has 0 fully saturated rings. The molecule has 0 saturated heterocycles. The number of thiazole rings is 1. The molecule has 1 aromatic carbocycles. The Kier molecular flexibility index (Phi) is 4.57. The number of rotatable bonds is 4. The molecule has 0 radical (unpaired) electrons. The number of nitrogens with zero attached hydrogens (tertiary/aromatic N) is 1. The van der Waals surface area contributed by atoms with Crippen LogP contribution in [0.25, 0.3) is 0 Å². The largest absolute Gasteiger partial charge is 0.392 e. The number of nitrogens with one attached hydrogen (secondary N) is 1. The Bertz CT molecular complexity index is 765. The average molecular weight is 347 g/mol. The molecule has 1 heterocycles. The summed E-state index contributed by atoms with van der Waals surface area (Å²) >= 11 is 7.19. The zero-order valence-corrected chi connectivity index (χ0v) is 14.2. The molecule has 114 valence electrons. The maximum absolute atomic E-state index is 12.5. The van der Waals surface area contributed by atoms with Crippen molar-refractivity contribution in [1.82, 2.24) is 4.98 Å². The van der Waals surface area contributed by atoms with Gasteiger partial charge in [-0.15, -0.1) is 11.3 Å². The van der Waals surface area contributed by atoms with Crippen molar-refractivity contribution in [1.29, 1.82) is 0 Å². The molecule has 2 rings (SSSR count). The Labute approximate surface area is 132 Å². The first kappa shape index (κ1) is 16.2. The molecule has 1 aromatic heterocycles. The van der Waals surface area contributed by atoms with Crippen molar-refractivity contribution in [3.63, 3.8) is 0 Å². The van der Waals surface area contributed by atoms with E-state index in [0.717, 1.165) is 10.6 Å². The lowest BCUT2D eigenvalue weighted by Crippen LogP contribution is -2.15. The van der Waals surface area contributed by atoms with E-state index in [2.05, 4.69) is 9.71 Å². The van der Waals surface area contributed by atoms with Crippen LogP contribution in [0.4, 0.5) is 5.13 Å². The van der Waals surface area contributed by atoms with Gasteiger partial charge >= 0.3 is 0 Å². The highest BCUT2D eigenvalue weighted by Crippen LogP contribution is 2.28. The number of hydrogen-bond acceptors (Lipinski definition) is 5. The lowest BCUT2D eigenvalue weighted by Gasteiger charge is -2.12. The van der Waals surface area contributed by atoms with E-state index >= 15 is 0 Å². The van der Waals surface area contributed by atoms with Gasteiger partial charge in [-0.2, -0.15) is 0 Å². The van der Waals surface area contributed by atoms with Crippen LogP contribution in [0.15, 0.2) is 17.0 Å². The molecule has 2 N–H and O–H groups in total. The van der Waals surface area contributed by atoms with Gasteiger partial charge in [-0.1, -0.05) is 11.6 Å². The van der Waals surface area contributed by atoms with E-state index in [1.165, 1.54) is 17.4 Å². The number of anilines is 1. The predicted molar refractivity (Wildman–Crippen MR) is 84.5 cm³/mol. The van der Waals surface area contributed by atoms with Crippen LogP contribution in [0.5, 0.6) is 0 Å². The zero-order chi connectivity index (χ0) is 15.8. The van der Waals surface area contributed by atoms with Crippen molar-refractivity contribution >= 4 is 38.1 Å². The molecule has 0 spiro atoms. The fourth-order valence-electron chi connectivity index (χ4n) is 1.84. The summed E-state index contributed by atoms with van der Waals surface area (Å²) < 4.78 is 27.4.